The second-order valence-corrected chi connectivity index (χ2v) is 6.46. The minimum Gasteiger partial charge on any atom is -0.347 e. The number of benzene rings is 1. The summed E-state index contributed by atoms with van der Waals surface area (Å²) in [7, 11) is 1.90. The van der Waals surface area contributed by atoms with E-state index in [1.807, 2.05) is 25.2 Å². The highest BCUT2D eigenvalue weighted by Gasteiger charge is 2.34. The van der Waals surface area contributed by atoms with Crippen LogP contribution in [0.15, 0.2) is 36.8 Å². The van der Waals surface area contributed by atoms with Gasteiger partial charge in [-0.15, -0.1) is 0 Å². The van der Waals surface area contributed by atoms with Crippen LogP contribution in [0.3, 0.4) is 0 Å². The summed E-state index contributed by atoms with van der Waals surface area (Å²) in [4.78, 5) is 6.82. The third kappa shape index (κ3) is 4.16. The van der Waals surface area contributed by atoms with Gasteiger partial charge in [0, 0.05) is 41.1 Å². The lowest BCUT2D eigenvalue weighted by atomic mass is 10.1. The van der Waals surface area contributed by atoms with Crippen LogP contribution in [0.1, 0.15) is 17.0 Å². The fourth-order valence-corrected chi connectivity index (χ4v) is 3.04. The van der Waals surface area contributed by atoms with Crippen molar-refractivity contribution in [3.8, 4) is 0 Å². The van der Waals surface area contributed by atoms with E-state index < -0.39 is 12.0 Å². The van der Waals surface area contributed by atoms with Gasteiger partial charge in [0.25, 0.3) is 0 Å². The highest BCUT2D eigenvalue weighted by Crippen LogP contribution is 2.27. The molecule has 0 bridgehead atoms. The summed E-state index contributed by atoms with van der Waals surface area (Å²) in [5, 5.41) is 4.90. The number of fused-ring (bicyclic) bond motifs is 1. The first-order chi connectivity index (χ1) is 12.4. The molecule has 0 fully saturated rings. The summed E-state index contributed by atoms with van der Waals surface area (Å²) in [5.74, 6) is -1.11. The molecule has 3 rings (SSSR count). The number of alkyl halides is 3. The van der Waals surface area contributed by atoms with Gasteiger partial charge in [-0.2, -0.15) is 13.2 Å². The molecular weight excluding hydrogens is 365 g/mol. The Labute approximate surface area is 154 Å². The predicted octanol–water partition coefficient (Wildman–Crippen LogP) is 4.11. The molecule has 0 atom stereocenters. The molecule has 2 heterocycles. The molecule has 0 aliphatic carbocycles. The van der Waals surface area contributed by atoms with Gasteiger partial charge < -0.3 is 9.88 Å². The topological polar surface area (TPSA) is 42.7 Å². The number of likely N-dealkylation sites (N-methyl/N-ethyl adjacent to an activating group) is 1. The third-order valence-electron chi connectivity index (χ3n) is 4.17. The van der Waals surface area contributed by atoms with Crippen LogP contribution in [-0.4, -0.2) is 28.1 Å². The molecule has 0 amide bonds. The first kappa shape index (κ1) is 18.7. The number of rotatable bonds is 6. The van der Waals surface area contributed by atoms with Crippen LogP contribution in [0.5, 0.6) is 0 Å². The number of hydrogen-bond acceptors (Lipinski definition) is 3. The summed E-state index contributed by atoms with van der Waals surface area (Å²) in [6.07, 6.45) is 1.43. The van der Waals surface area contributed by atoms with E-state index in [4.69, 9.17) is 11.6 Å². The zero-order valence-corrected chi connectivity index (χ0v) is 14.9. The van der Waals surface area contributed by atoms with Gasteiger partial charge in [-0.3, -0.25) is 0 Å². The Morgan fingerprint density at radius 2 is 1.88 bits per heavy atom. The molecule has 0 saturated heterocycles. The molecule has 138 valence electrons. The monoisotopic (exact) mass is 382 g/mol. The minimum absolute atomic E-state index is 0.538. The Morgan fingerprint density at radius 1 is 1.15 bits per heavy atom. The van der Waals surface area contributed by atoms with Crippen molar-refractivity contribution in [2.75, 3.05) is 13.6 Å². The van der Waals surface area contributed by atoms with Gasteiger partial charge in [-0.1, -0.05) is 11.6 Å². The quantitative estimate of drug-likeness (QED) is 0.697. The third-order valence-corrected chi connectivity index (χ3v) is 4.41. The maximum Gasteiger partial charge on any atom is 0.451 e. The van der Waals surface area contributed by atoms with Gasteiger partial charge in [0.2, 0.25) is 5.82 Å². The van der Waals surface area contributed by atoms with E-state index in [0.29, 0.717) is 23.6 Å². The average molecular weight is 383 g/mol. The summed E-state index contributed by atoms with van der Waals surface area (Å²) in [6.45, 7) is 1.46. The Morgan fingerprint density at radius 3 is 2.54 bits per heavy atom. The van der Waals surface area contributed by atoms with Crippen molar-refractivity contribution < 1.29 is 13.2 Å². The Hall–Kier alpha value is -2.12. The van der Waals surface area contributed by atoms with Crippen molar-refractivity contribution in [2.24, 2.45) is 0 Å². The van der Waals surface area contributed by atoms with E-state index in [9.17, 15) is 13.2 Å². The highest BCUT2D eigenvalue weighted by molar-refractivity contribution is 6.31. The molecule has 0 saturated carbocycles. The smallest absolute Gasteiger partial charge is 0.347 e. The zero-order valence-electron chi connectivity index (χ0n) is 14.1. The average Bonchev–Trinajstić information content (AvgIpc) is 2.94. The standard InChI is InChI=1S/C18H18ClF3N4/c1-23-6-4-13-11-26(16-3-2-14(19)8-15(13)16)7-5-12-9-24-17(25-10-12)18(20,21)22/h2-3,8-11,23H,4-7H2,1H3. The predicted molar refractivity (Wildman–Crippen MR) is 95.3 cm³/mol. The molecule has 0 spiro atoms. The lowest BCUT2D eigenvalue weighted by Crippen LogP contribution is -2.11. The van der Waals surface area contributed by atoms with Crippen LogP contribution in [0, 0.1) is 0 Å². The fourth-order valence-electron chi connectivity index (χ4n) is 2.87. The van der Waals surface area contributed by atoms with Crippen molar-refractivity contribution in [1.82, 2.24) is 19.9 Å². The van der Waals surface area contributed by atoms with E-state index in [1.165, 1.54) is 18.0 Å². The largest absolute Gasteiger partial charge is 0.451 e. The van der Waals surface area contributed by atoms with Gasteiger partial charge in [-0.05, 0) is 55.8 Å². The summed E-state index contributed by atoms with van der Waals surface area (Å²) in [6, 6.07) is 5.74. The first-order valence-corrected chi connectivity index (χ1v) is 8.56. The van der Waals surface area contributed by atoms with Gasteiger partial charge >= 0.3 is 6.18 Å². The molecule has 0 aliphatic rings. The van der Waals surface area contributed by atoms with Crippen molar-refractivity contribution in [1.29, 1.82) is 0 Å². The van der Waals surface area contributed by atoms with Crippen LogP contribution >= 0.6 is 11.6 Å². The number of aromatic nitrogens is 3. The number of halogens is 4. The van der Waals surface area contributed by atoms with Crippen molar-refractivity contribution in [2.45, 2.75) is 25.6 Å². The summed E-state index contributed by atoms with van der Waals surface area (Å²) >= 11 is 6.13. The van der Waals surface area contributed by atoms with E-state index >= 15 is 0 Å². The summed E-state index contributed by atoms with van der Waals surface area (Å²) < 4.78 is 39.7. The highest BCUT2D eigenvalue weighted by atomic mass is 35.5. The molecule has 8 heteroatoms. The fraction of sp³-hybridized carbons (Fsp3) is 0.333. The van der Waals surface area contributed by atoms with Crippen molar-refractivity contribution >= 4 is 22.5 Å². The minimum atomic E-state index is -4.52. The van der Waals surface area contributed by atoms with Crippen molar-refractivity contribution in [3.63, 3.8) is 0 Å². The Bertz CT molecular complexity index is 888. The van der Waals surface area contributed by atoms with Crippen LogP contribution < -0.4 is 5.32 Å². The van der Waals surface area contributed by atoms with Gasteiger partial charge in [0.05, 0.1) is 0 Å². The van der Waals surface area contributed by atoms with Gasteiger partial charge in [0.1, 0.15) is 0 Å². The maximum atomic E-state index is 12.5. The van der Waals surface area contributed by atoms with E-state index in [0.717, 1.165) is 23.9 Å². The molecule has 0 radical (unpaired) electrons. The summed E-state index contributed by atoms with van der Waals surface area (Å²) in [5.41, 5.74) is 2.89. The van der Waals surface area contributed by atoms with E-state index in [-0.39, 0.29) is 0 Å². The second-order valence-electron chi connectivity index (χ2n) is 6.03. The van der Waals surface area contributed by atoms with Crippen LogP contribution in [-0.2, 0) is 25.6 Å². The molecule has 4 nitrogen and oxygen atoms in total. The molecule has 26 heavy (non-hydrogen) atoms. The first-order valence-electron chi connectivity index (χ1n) is 8.18. The van der Waals surface area contributed by atoms with Crippen molar-refractivity contribution in [3.05, 3.63) is 58.8 Å². The van der Waals surface area contributed by atoms with E-state index in [1.54, 1.807) is 0 Å². The molecule has 1 aromatic carbocycles. The van der Waals surface area contributed by atoms with Gasteiger partial charge in [0.15, 0.2) is 0 Å². The molecule has 1 N–H and O–H groups in total. The number of hydrogen-bond donors (Lipinski definition) is 1. The van der Waals surface area contributed by atoms with Crippen LogP contribution in [0.4, 0.5) is 13.2 Å². The SMILES string of the molecule is CNCCc1cn(CCc2cnc(C(F)(F)F)nc2)c2ccc(Cl)cc12. The van der Waals surface area contributed by atoms with Crippen LogP contribution in [0.25, 0.3) is 10.9 Å². The molecule has 0 aliphatic heterocycles. The molecule has 3 aromatic rings. The second kappa shape index (κ2) is 7.63. The molecular formula is C18H18ClF3N4. The van der Waals surface area contributed by atoms with Crippen LogP contribution in [0.2, 0.25) is 5.02 Å². The molecule has 0 unspecified atom stereocenters. The zero-order chi connectivity index (χ0) is 18.7. The number of nitrogens with one attached hydrogen (secondary N) is 1. The maximum absolute atomic E-state index is 12.5. The lowest BCUT2D eigenvalue weighted by Gasteiger charge is -2.07. The Balaban J connectivity index is 1.80. The normalized spacial score (nSPS) is 12.0. The lowest BCUT2D eigenvalue weighted by molar-refractivity contribution is -0.145. The van der Waals surface area contributed by atoms with E-state index in [2.05, 4.69) is 26.0 Å². The number of aryl methyl sites for hydroxylation is 2. The Kier molecular flexibility index (Phi) is 5.48. The van der Waals surface area contributed by atoms with Gasteiger partial charge in [-0.25, -0.2) is 9.97 Å². The molecule has 2 aromatic heterocycles. The number of nitrogens with zero attached hydrogens (tertiary/aromatic N) is 3.